The Balaban J connectivity index is 1.35. The molecular weight excluding hydrogens is 394 g/mol. The van der Waals surface area contributed by atoms with Gasteiger partial charge in [-0.2, -0.15) is 0 Å². The van der Waals surface area contributed by atoms with E-state index in [-0.39, 0.29) is 17.7 Å². The standard InChI is InChI=1S/C24H25N3O4/c28-23(27-11-14-30-15-12-27)17-7-9-26(10-8-17)24(29)19-16-21(22-6-3-13-31-22)25-20-5-2-1-4-18(19)20/h1-6,13,16-17H,7-12,14-15H2. The molecule has 0 atom stereocenters. The lowest BCUT2D eigenvalue weighted by Crippen LogP contribution is -2.47. The lowest BCUT2D eigenvalue weighted by molar-refractivity contribution is -0.141. The molecule has 0 bridgehead atoms. The van der Waals surface area contributed by atoms with Gasteiger partial charge in [-0.15, -0.1) is 0 Å². The van der Waals surface area contributed by atoms with Crippen molar-refractivity contribution in [3.63, 3.8) is 0 Å². The topological polar surface area (TPSA) is 75.9 Å². The predicted molar refractivity (Wildman–Crippen MR) is 115 cm³/mol. The maximum atomic E-state index is 13.5. The zero-order valence-corrected chi connectivity index (χ0v) is 17.3. The molecule has 4 heterocycles. The van der Waals surface area contributed by atoms with Gasteiger partial charge in [0.1, 0.15) is 5.69 Å². The van der Waals surface area contributed by atoms with Gasteiger partial charge in [0.05, 0.1) is 30.6 Å². The van der Waals surface area contributed by atoms with Crippen molar-refractivity contribution in [2.75, 3.05) is 39.4 Å². The fraction of sp³-hybridized carbons (Fsp3) is 0.375. The summed E-state index contributed by atoms with van der Waals surface area (Å²) in [6.07, 6.45) is 2.98. The second kappa shape index (κ2) is 8.51. The number of para-hydroxylation sites is 1. The summed E-state index contributed by atoms with van der Waals surface area (Å²) in [5.74, 6) is 0.790. The summed E-state index contributed by atoms with van der Waals surface area (Å²) in [5, 5.41) is 0.828. The average molecular weight is 419 g/mol. The maximum Gasteiger partial charge on any atom is 0.254 e. The molecule has 0 N–H and O–H groups in total. The minimum atomic E-state index is -0.0244. The summed E-state index contributed by atoms with van der Waals surface area (Å²) in [4.78, 5) is 34.7. The molecule has 2 aliphatic rings. The van der Waals surface area contributed by atoms with Gasteiger partial charge in [0, 0.05) is 37.5 Å². The van der Waals surface area contributed by atoms with Crippen LogP contribution in [0.25, 0.3) is 22.4 Å². The first kappa shape index (κ1) is 19.8. The molecule has 31 heavy (non-hydrogen) atoms. The molecule has 2 aliphatic heterocycles. The third-order valence-electron chi connectivity index (χ3n) is 6.17. The number of benzene rings is 1. The highest BCUT2D eigenvalue weighted by molar-refractivity contribution is 6.07. The molecule has 2 amide bonds. The molecule has 7 nitrogen and oxygen atoms in total. The minimum absolute atomic E-state index is 0.0185. The van der Waals surface area contributed by atoms with Crippen LogP contribution in [0.4, 0.5) is 0 Å². The van der Waals surface area contributed by atoms with Crippen LogP contribution < -0.4 is 0 Å². The van der Waals surface area contributed by atoms with Gasteiger partial charge in [0.2, 0.25) is 5.91 Å². The summed E-state index contributed by atoms with van der Waals surface area (Å²) >= 11 is 0. The molecule has 5 rings (SSSR count). The number of rotatable bonds is 3. The van der Waals surface area contributed by atoms with Crippen LogP contribution in [0.1, 0.15) is 23.2 Å². The monoisotopic (exact) mass is 419 g/mol. The molecule has 7 heteroatoms. The number of fused-ring (bicyclic) bond motifs is 1. The Hall–Kier alpha value is -3.19. The first-order valence-electron chi connectivity index (χ1n) is 10.8. The summed E-state index contributed by atoms with van der Waals surface area (Å²) < 4.78 is 10.9. The molecule has 2 aromatic heterocycles. The molecule has 160 valence electrons. The van der Waals surface area contributed by atoms with Crippen LogP contribution in [-0.4, -0.2) is 66.0 Å². The van der Waals surface area contributed by atoms with Crippen LogP contribution in [-0.2, 0) is 9.53 Å². The number of carbonyl (C=O) groups excluding carboxylic acids is 2. The number of piperidine rings is 1. The van der Waals surface area contributed by atoms with Crippen LogP contribution in [0.5, 0.6) is 0 Å². The predicted octanol–water partition coefficient (Wildman–Crippen LogP) is 3.21. The molecule has 3 aromatic rings. The number of hydrogen-bond donors (Lipinski definition) is 0. The van der Waals surface area contributed by atoms with Gasteiger partial charge in [-0.1, -0.05) is 18.2 Å². The molecule has 0 aliphatic carbocycles. The average Bonchev–Trinajstić information content (AvgIpc) is 3.38. The highest BCUT2D eigenvalue weighted by Crippen LogP contribution is 2.28. The van der Waals surface area contributed by atoms with E-state index in [1.54, 1.807) is 6.26 Å². The maximum absolute atomic E-state index is 13.5. The van der Waals surface area contributed by atoms with E-state index in [4.69, 9.17) is 9.15 Å². The van der Waals surface area contributed by atoms with E-state index in [0.717, 1.165) is 10.9 Å². The van der Waals surface area contributed by atoms with Gasteiger partial charge in [0.15, 0.2) is 5.76 Å². The quantitative estimate of drug-likeness (QED) is 0.652. The van der Waals surface area contributed by atoms with E-state index in [9.17, 15) is 9.59 Å². The Morgan fingerprint density at radius 2 is 1.71 bits per heavy atom. The molecular formula is C24H25N3O4. The lowest BCUT2D eigenvalue weighted by Gasteiger charge is -2.35. The van der Waals surface area contributed by atoms with Crippen molar-refractivity contribution in [3.05, 3.63) is 54.3 Å². The van der Waals surface area contributed by atoms with Crippen LogP contribution in [0, 0.1) is 5.92 Å². The van der Waals surface area contributed by atoms with Gasteiger partial charge in [-0.25, -0.2) is 4.98 Å². The van der Waals surface area contributed by atoms with Crippen molar-refractivity contribution in [2.45, 2.75) is 12.8 Å². The summed E-state index contributed by atoms with van der Waals surface area (Å²) in [6, 6.07) is 13.1. The summed E-state index contributed by atoms with van der Waals surface area (Å²) in [5.41, 5.74) is 2.02. The van der Waals surface area contributed by atoms with Gasteiger partial charge < -0.3 is 19.0 Å². The number of ether oxygens (including phenoxy) is 1. The third kappa shape index (κ3) is 3.93. The van der Waals surface area contributed by atoms with E-state index in [2.05, 4.69) is 4.98 Å². The first-order chi connectivity index (χ1) is 15.2. The molecule has 0 radical (unpaired) electrons. The Labute approximate surface area is 180 Å². The number of aromatic nitrogens is 1. The van der Waals surface area contributed by atoms with Crippen LogP contribution >= 0.6 is 0 Å². The number of morpholine rings is 1. The fourth-order valence-electron chi connectivity index (χ4n) is 4.44. The zero-order chi connectivity index (χ0) is 21.2. The molecule has 2 saturated heterocycles. The van der Waals surface area contributed by atoms with Crippen molar-refractivity contribution in [3.8, 4) is 11.5 Å². The molecule has 0 spiro atoms. The Morgan fingerprint density at radius 1 is 0.935 bits per heavy atom. The number of carbonyl (C=O) groups is 2. The molecule has 0 unspecified atom stereocenters. The van der Waals surface area contributed by atoms with Gasteiger partial charge in [-0.3, -0.25) is 9.59 Å². The van der Waals surface area contributed by atoms with E-state index in [1.165, 1.54) is 0 Å². The highest BCUT2D eigenvalue weighted by atomic mass is 16.5. The van der Waals surface area contributed by atoms with E-state index in [1.807, 2.05) is 52.3 Å². The zero-order valence-electron chi connectivity index (χ0n) is 17.3. The number of furan rings is 1. The van der Waals surface area contributed by atoms with Gasteiger partial charge in [-0.05, 0) is 37.1 Å². The van der Waals surface area contributed by atoms with Crippen LogP contribution in [0.3, 0.4) is 0 Å². The van der Waals surface area contributed by atoms with Crippen LogP contribution in [0.2, 0.25) is 0 Å². The highest BCUT2D eigenvalue weighted by Gasteiger charge is 2.31. The second-order valence-electron chi connectivity index (χ2n) is 8.05. The molecule has 0 saturated carbocycles. The largest absolute Gasteiger partial charge is 0.463 e. The molecule has 1 aromatic carbocycles. The Bertz CT molecular complexity index is 1080. The van der Waals surface area contributed by atoms with Crippen molar-refractivity contribution >= 4 is 22.7 Å². The van der Waals surface area contributed by atoms with Crippen molar-refractivity contribution in [1.29, 1.82) is 0 Å². The Morgan fingerprint density at radius 3 is 2.45 bits per heavy atom. The van der Waals surface area contributed by atoms with Crippen molar-refractivity contribution in [2.24, 2.45) is 5.92 Å². The van der Waals surface area contributed by atoms with Gasteiger partial charge in [0.25, 0.3) is 5.91 Å². The number of nitrogens with zero attached hydrogens (tertiary/aromatic N) is 3. The number of amides is 2. The summed E-state index contributed by atoms with van der Waals surface area (Å²) in [7, 11) is 0. The number of pyridine rings is 1. The number of hydrogen-bond acceptors (Lipinski definition) is 5. The van der Waals surface area contributed by atoms with E-state index >= 15 is 0 Å². The van der Waals surface area contributed by atoms with Gasteiger partial charge >= 0.3 is 0 Å². The van der Waals surface area contributed by atoms with Crippen LogP contribution in [0.15, 0.2) is 53.1 Å². The third-order valence-corrected chi connectivity index (χ3v) is 6.17. The first-order valence-corrected chi connectivity index (χ1v) is 10.8. The second-order valence-corrected chi connectivity index (χ2v) is 8.05. The minimum Gasteiger partial charge on any atom is -0.463 e. The summed E-state index contributed by atoms with van der Waals surface area (Å²) in [6.45, 7) is 3.69. The van der Waals surface area contributed by atoms with E-state index in [0.29, 0.717) is 69.3 Å². The normalized spacial score (nSPS) is 17.8. The smallest absolute Gasteiger partial charge is 0.254 e. The SMILES string of the molecule is O=C(c1cc(-c2ccco2)nc2ccccc12)N1CCC(C(=O)N2CCOCC2)CC1. The van der Waals surface area contributed by atoms with Crippen molar-refractivity contribution < 1.29 is 18.7 Å². The fourth-order valence-corrected chi connectivity index (χ4v) is 4.44. The van der Waals surface area contributed by atoms with Crippen molar-refractivity contribution in [1.82, 2.24) is 14.8 Å². The lowest BCUT2D eigenvalue weighted by atomic mass is 9.94. The molecule has 2 fully saturated rings. The Kier molecular flexibility index (Phi) is 5.42. The van der Waals surface area contributed by atoms with E-state index < -0.39 is 0 Å². The number of likely N-dealkylation sites (tertiary alicyclic amines) is 1.